The number of rotatable bonds is 4. The number of hydrogen-bond acceptors (Lipinski definition) is 4. The summed E-state index contributed by atoms with van der Waals surface area (Å²) in [4.78, 5) is 20.1. The van der Waals surface area contributed by atoms with E-state index in [1.54, 1.807) is 20.8 Å². The van der Waals surface area contributed by atoms with Crippen LogP contribution in [0.15, 0.2) is 12.1 Å². The summed E-state index contributed by atoms with van der Waals surface area (Å²) in [5, 5.41) is 4.55. The van der Waals surface area contributed by atoms with Crippen LogP contribution in [-0.2, 0) is 0 Å². The Morgan fingerprint density at radius 2 is 1.71 bits per heavy atom. The molecule has 9 heteroatoms. The number of anilines is 2. The van der Waals surface area contributed by atoms with Crippen molar-refractivity contribution in [2.75, 3.05) is 17.2 Å². The number of halogens is 3. The van der Waals surface area contributed by atoms with Crippen molar-refractivity contribution in [2.24, 2.45) is 0 Å². The van der Waals surface area contributed by atoms with E-state index in [1.807, 2.05) is 0 Å². The van der Waals surface area contributed by atoms with Gasteiger partial charge in [0, 0.05) is 0 Å². The maximum atomic E-state index is 13.6. The van der Waals surface area contributed by atoms with Gasteiger partial charge >= 0.3 is 12.0 Å². The van der Waals surface area contributed by atoms with E-state index in [4.69, 9.17) is 4.74 Å². The van der Waals surface area contributed by atoms with Crippen molar-refractivity contribution in [1.82, 2.24) is 9.97 Å². The second kappa shape index (κ2) is 7.16. The van der Waals surface area contributed by atoms with Crippen molar-refractivity contribution in [1.29, 1.82) is 0 Å². The lowest BCUT2D eigenvalue weighted by molar-refractivity contribution is 0.262. The number of aryl methyl sites for hydroxylation is 2. The van der Waals surface area contributed by atoms with Gasteiger partial charge in [-0.25, -0.2) is 18.0 Å². The molecular weight excluding hydrogens is 325 g/mol. The smallest absolute Gasteiger partial charge is 0.323 e. The SMILES string of the molecule is CCOc1nc(C)c(NC(=O)Nc2ccc(F)c(F)c2F)c(C)n1. The predicted octanol–water partition coefficient (Wildman–Crippen LogP) is 3.55. The molecule has 24 heavy (non-hydrogen) atoms. The first-order valence-corrected chi connectivity index (χ1v) is 7.03. The van der Waals surface area contributed by atoms with E-state index in [1.165, 1.54) is 0 Å². The summed E-state index contributed by atoms with van der Waals surface area (Å²) in [5.74, 6) is -4.49. The first-order valence-electron chi connectivity index (χ1n) is 7.03. The lowest BCUT2D eigenvalue weighted by Crippen LogP contribution is -2.22. The van der Waals surface area contributed by atoms with Crippen molar-refractivity contribution >= 4 is 17.4 Å². The summed E-state index contributed by atoms with van der Waals surface area (Å²) in [6.45, 7) is 5.43. The van der Waals surface area contributed by atoms with Gasteiger partial charge < -0.3 is 15.4 Å². The van der Waals surface area contributed by atoms with Crippen molar-refractivity contribution < 1.29 is 22.7 Å². The highest BCUT2D eigenvalue weighted by Gasteiger charge is 2.17. The molecule has 2 aromatic rings. The van der Waals surface area contributed by atoms with Gasteiger partial charge in [-0.2, -0.15) is 9.97 Å². The highest BCUT2D eigenvalue weighted by molar-refractivity contribution is 6.00. The number of hydrogen-bond donors (Lipinski definition) is 2. The molecule has 1 aromatic heterocycles. The van der Waals surface area contributed by atoms with E-state index in [0.717, 1.165) is 6.07 Å². The fourth-order valence-corrected chi connectivity index (χ4v) is 1.95. The van der Waals surface area contributed by atoms with Crippen LogP contribution < -0.4 is 15.4 Å². The molecule has 0 aliphatic heterocycles. The Morgan fingerprint density at radius 1 is 1.08 bits per heavy atom. The average Bonchev–Trinajstić information content (AvgIpc) is 2.52. The standard InChI is InChI=1S/C15H15F3N4O2/c1-4-24-15-19-7(2)13(8(3)20-15)22-14(23)21-10-6-5-9(16)11(17)12(10)18/h5-6H,4H2,1-3H3,(H2,21,22,23). The van der Waals surface area contributed by atoms with Crippen LogP contribution in [0, 0.1) is 31.3 Å². The van der Waals surface area contributed by atoms with Crippen molar-refractivity contribution in [3.05, 3.63) is 41.0 Å². The Labute approximate surface area is 136 Å². The molecule has 2 rings (SSSR count). The first-order chi connectivity index (χ1) is 11.3. The Kier molecular flexibility index (Phi) is 5.22. The summed E-state index contributed by atoms with van der Waals surface area (Å²) in [6.07, 6.45) is 0. The van der Waals surface area contributed by atoms with E-state index < -0.39 is 29.2 Å². The monoisotopic (exact) mass is 340 g/mol. The minimum absolute atomic E-state index is 0.171. The van der Waals surface area contributed by atoms with Gasteiger partial charge in [0.2, 0.25) is 0 Å². The predicted molar refractivity (Wildman–Crippen MR) is 81.6 cm³/mol. The van der Waals surface area contributed by atoms with Crippen LogP contribution in [0.2, 0.25) is 0 Å². The Hall–Kier alpha value is -2.84. The van der Waals surface area contributed by atoms with Gasteiger partial charge in [0.05, 0.1) is 29.4 Å². The zero-order chi connectivity index (χ0) is 17.9. The quantitative estimate of drug-likeness (QED) is 0.835. The fourth-order valence-electron chi connectivity index (χ4n) is 1.95. The second-order valence-corrected chi connectivity index (χ2v) is 4.79. The average molecular weight is 340 g/mol. The topological polar surface area (TPSA) is 76.1 Å². The fraction of sp³-hybridized carbons (Fsp3) is 0.267. The van der Waals surface area contributed by atoms with Gasteiger partial charge in [0.15, 0.2) is 17.5 Å². The normalized spacial score (nSPS) is 10.4. The molecule has 0 atom stereocenters. The first kappa shape index (κ1) is 17.5. The molecular formula is C15H15F3N4O2. The number of amides is 2. The van der Waals surface area contributed by atoms with E-state index >= 15 is 0 Å². The molecule has 0 unspecified atom stereocenters. The summed E-state index contributed by atoms with van der Waals surface area (Å²) in [7, 11) is 0. The minimum Gasteiger partial charge on any atom is -0.464 e. The van der Waals surface area contributed by atoms with Crippen LogP contribution in [0.4, 0.5) is 29.3 Å². The molecule has 0 aliphatic rings. The van der Waals surface area contributed by atoms with Gasteiger partial charge in [-0.15, -0.1) is 0 Å². The van der Waals surface area contributed by atoms with Crippen molar-refractivity contribution in [3.8, 4) is 6.01 Å². The van der Waals surface area contributed by atoms with Gasteiger partial charge in [-0.05, 0) is 32.9 Å². The third kappa shape index (κ3) is 3.73. The van der Waals surface area contributed by atoms with E-state index in [2.05, 4.69) is 20.6 Å². The van der Waals surface area contributed by atoms with Crippen LogP contribution in [0.25, 0.3) is 0 Å². The zero-order valence-corrected chi connectivity index (χ0v) is 13.2. The van der Waals surface area contributed by atoms with Gasteiger partial charge in [-0.3, -0.25) is 0 Å². The highest BCUT2D eigenvalue weighted by Crippen LogP contribution is 2.22. The summed E-state index contributed by atoms with van der Waals surface area (Å²) in [5.41, 5.74) is 0.686. The molecule has 0 spiro atoms. The number of ether oxygens (including phenoxy) is 1. The summed E-state index contributed by atoms with van der Waals surface area (Å²) < 4.78 is 44.8. The maximum Gasteiger partial charge on any atom is 0.323 e. The lowest BCUT2D eigenvalue weighted by atomic mass is 10.2. The zero-order valence-electron chi connectivity index (χ0n) is 13.2. The van der Waals surface area contributed by atoms with Gasteiger partial charge in [0.1, 0.15) is 0 Å². The molecule has 0 aliphatic carbocycles. The number of aromatic nitrogens is 2. The number of nitrogens with zero attached hydrogens (tertiary/aromatic N) is 2. The molecule has 128 valence electrons. The molecule has 2 N–H and O–H groups in total. The number of carbonyl (C=O) groups excluding carboxylic acids is 1. The maximum absolute atomic E-state index is 13.6. The van der Waals surface area contributed by atoms with E-state index in [9.17, 15) is 18.0 Å². The number of benzene rings is 1. The molecule has 0 bridgehead atoms. The third-order valence-electron chi connectivity index (χ3n) is 3.05. The van der Waals surface area contributed by atoms with Crippen molar-refractivity contribution in [2.45, 2.75) is 20.8 Å². The summed E-state index contributed by atoms with van der Waals surface area (Å²) >= 11 is 0. The molecule has 1 aromatic carbocycles. The van der Waals surface area contributed by atoms with Crippen LogP contribution >= 0.6 is 0 Å². The molecule has 0 fully saturated rings. The molecule has 2 amide bonds. The largest absolute Gasteiger partial charge is 0.464 e. The number of carbonyl (C=O) groups is 1. The van der Waals surface area contributed by atoms with Crippen LogP contribution in [0.3, 0.4) is 0 Å². The van der Waals surface area contributed by atoms with Crippen LogP contribution in [-0.4, -0.2) is 22.6 Å². The Bertz CT molecular complexity index is 761. The van der Waals surface area contributed by atoms with Crippen molar-refractivity contribution in [3.63, 3.8) is 0 Å². The molecule has 0 radical (unpaired) electrons. The second-order valence-electron chi connectivity index (χ2n) is 4.79. The van der Waals surface area contributed by atoms with Crippen LogP contribution in [0.5, 0.6) is 6.01 Å². The number of urea groups is 1. The van der Waals surface area contributed by atoms with Gasteiger partial charge in [0.25, 0.3) is 0 Å². The van der Waals surface area contributed by atoms with E-state index in [-0.39, 0.29) is 6.01 Å². The van der Waals surface area contributed by atoms with Crippen LogP contribution in [0.1, 0.15) is 18.3 Å². The minimum atomic E-state index is -1.66. The number of nitrogens with one attached hydrogen (secondary N) is 2. The lowest BCUT2D eigenvalue weighted by Gasteiger charge is -2.13. The highest BCUT2D eigenvalue weighted by atomic mass is 19.2. The molecule has 1 heterocycles. The summed E-state index contributed by atoms with van der Waals surface area (Å²) in [6, 6.07) is 0.954. The van der Waals surface area contributed by atoms with E-state index in [0.29, 0.717) is 29.7 Å². The Balaban J connectivity index is 2.17. The molecule has 6 nitrogen and oxygen atoms in total. The third-order valence-corrected chi connectivity index (χ3v) is 3.05. The molecule has 0 saturated heterocycles. The Morgan fingerprint density at radius 3 is 2.29 bits per heavy atom. The van der Waals surface area contributed by atoms with Gasteiger partial charge in [-0.1, -0.05) is 0 Å². The molecule has 0 saturated carbocycles.